The Balaban J connectivity index is 1.18. The van der Waals surface area contributed by atoms with Crippen LogP contribution in [-0.4, -0.2) is 43.9 Å². The standard InChI is InChI=1S/C26H28N6O/c33-25(17-20-7-3-1-4-8-20)29-24-11-14-28-32(24)23-12-15-31(16-13-23)19-22-18-27-30-26(22)21-9-5-2-6-10-21/h1-11,14,18,23H,12-13,15-17,19H2,(H,27,30)(H,29,33). The topological polar surface area (TPSA) is 78.8 Å². The van der Waals surface area contributed by atoms with Gasteiger partial charge in [-0.25, -0.2) is 4.68 Å². The van der Waals surface area contributed by atoms with Crippen molar-refractivity contribution in [2.45, 2.75) is 31.8 Å². The second-order valence-electron chi connectivity index (χ2n) is 8.52. The summed E-state index contributed by atoms with van der Waals surface area (Å²) < 4.78 is 1.98. The summed E-state index contributed by atoms with van der Waals surface area (Å²) in [4.78, 5) is 15.0. The zero-order valence-corrected chi connectivity index (χ0v) is 18.5. The third-order valence-electron chi connectivity index (χ3n) is 6.22. The molecule has 0 atom stereocenters. The highest BCUT2D eigenvalue weighted by atomic mass is 16.1. The zero-order chi connectivity index (χ0) is 22.5. The fraction of sp³-hybridized carbons (Fsp3) is 0.269. The van der Waals surface area contributed by atoms with E-state index in [-0.39, 0.29) is 11.9 Å². The van der Waals surface area contributed by atoms with Gasteiger partial charge in [0.1, 0.15) is 5.82 Å². The van der Waals surface area contributed by atoms with Gasteiger partial charge in [0.15, 0.2) is 0 Å². The predicted molar refractivity (Wildman–Crippen MR) is 129 cm³/mol. The molecule has 1 saturated heterocycles. The number of benzene rings is 2. The molecule has 0 spiro atoms. The molecule has 0 unspecified atom stereocenters. The predicted octanol–water partition coefficient (Wildman–Crippen LogP) is 4.29. The van der Waals surface area contributed by atoms with E-state index in [9.17, 15) is 4.79 Å². The Morgan fingerprint density at radius 3 is 2.48 bits per heavy atom. The van der Waals surface area contributed by atoms with Crippen LogP contribution in [0.5, 0.6) is 0 Å². The Labute approximate surface area is 193 Å². The van der Waals surface area contributed by atoms with Crippen LogP contribution >= 0.6 is 0 Å². The average Bonchev–Trinajstić information content (AvgIpc) is 3.50. The Morgan fingerprint density at radius 1 is 1.00 bits per heavy atom. The van der Waals surface area contributed by atoms with Gasteiger partial charge >= 0.3 is 0 Å². The summed E-state index contributed by atoms with van der Waals surface area (Å²) in [5, 5.41) is 15.0. The van der Waals surface area contributed by atoms with E-state index in [1.165, 1.54) is 5.56 Å². The lowest BCUT2D eigenvalue weighted by atomic mass is 10.0. The van der Waals surface area contributed by atoms with Gasteiger partial charge in [-0.1, -0.05) is 60.7 Å². The molecule has 0 radical (unpaired) electrons. The molecule has 0 saturated carbocycles. The summed E-state index contributed by atoms with van der Waals surface area (Å²) in [6.45, 7) is 2.82. The minimum atomic E-state index is -0.0196. The summed E-state index contributed by atoms with van der Waals surface area (Å²) in [5.41, 5.74) is 4.47. The Hall–Kier alpha value is -3.71. The van der Waals surface area contributed by atoms with Crippen LogP contribution in [0, 0.1) is 0 Å². The van der Waals surface area contributed by atoms with Crippen molar-refractivity contribution in [3.63, 3.8) is 0 Å². The number of likely N-dealkylation sites (tertiary alicyclic amines) is 1. The quantitative estimate of drug-likeness (QED) is 0.449. The molecule has 33 heavy (non-hydrogen) atoms. The third kappa shape index (κ3) is 5.04. The number of nitrogens with one attached hydrogen (secondary N) is 2. The molecule has 1 amide bonds. The second-order valence-corrected chi connectivity index (χ2v) is 8.52. The van der Waals surface area contributed by atoms with Gasteiger partial charge in [0.05, 0.1) is 30.6 Å². The number of hydrogen-bond donors (Lipinski definition) is 2. The average molecular weight is 441 g/mol. The molecule has 1 fully saturated rings. The van der Waals surface area contributed by atoms with Gasteiger partial charge in [0, 0.05) is 31.3 Å². The van der Waals surface area contributed by atoms with E-state index in [4.69, 9.17) is 0 Å². The number of hydrogen-bond acceptors (Lipinski definition) is 4. The molecule has 0 bridgehead atoms. The van der Waals surface area contributed by atoms with Crippen LogP contribution in [0.1, 0.15) is 30.0 Å². The monoisotopic (exact) mass is 440 g/mol. The number of carbonyl (C=O) groups excluding carboxylic acids is 1. The van der Waals surface area contributed by atoms with Crippen LogP contribution in [0.25, 0.3) is 11.3 Å². The summed E-state index contributed by atoms with van der Waals surface area (Å²) in [6.07, 6.45) is 6.03. The number of aromatic nitrogens is 4. The molecule has 7 heteroatoms. The van der Waals surface area contributed by atoms with Gasteiger partial charge < -0.3 is 5.32 Å². The minimum Gasteiger partial charge on any atom is -0.311 e. The van der Waals surface area contributed by atoms with E-state index >= 15 is 0 Å². The van der Waals surface area contributed by atoms with Gasteiger partial charge in [-0.2, -0.15) is 10.2 Å². The van der Waals surface area contributed by atoms with Crippen molar-refractivity contribution >= 4 is 11.7 Å². The lowest BCUT2D eigenvalue weighted by molar-refractivity contribution is -0.115. The highest BCUT2D eigenvalue weighted by Crippen LogP contribution is 2.28. The van der Waals surface area contributed by atoms with Crippen LogP contribution in [-0.2, 0) is 17.8 Å². The third-order valence-corrected chi connectivity index (χ3v) is 6.22. The number of carbonyl (C=O) groups is 1. The first-order valence-corrected chi connectivity index (χ1v) is 11.4. The largest absolute Gasteiger partial charge is 0.311 e. The highest BCUT2D eigenvalue weighted by molar-refractivity contribution is 5.91. The highest BCUT2D eigenvalue weighted by Gasteiger charge is 2.24. The van der Waals surface area contributed by atoms with E-state index in [1.807, 2.05) is 65.5 Å². The molecule has 168 valence electrons. The fourth-order valence-corrected chi connectivity index (χ4v) is 4.52. The number of rotatable bonds is 7. The maximum absolute atomic E-state index is 12.5. The van der Waals surface area contributed by atoms with Crippen LogP contribution in [0.15, 0.2) is 79.1 Å². The van der Waals surface area contributed by atoms with Gasteiger partial charge in [-0.15, -0.1) is 0 Å². The normalized spacial score (nSPS) is 14.9. The van der Waals surface area contributed by atoms with Crippen molar-refractivity contribution in [1.82, 2.24) is 24.9 Å². The van der Waals surface area contributed by atoms with Crippen molar-refractivity contribution in [3.8, 4) is 11.3 Å². The number of piperidine rings is 1. The lowest BCUT2D eigenvalue weighted by Crippen LogP contribution is -2.35. The first-order valence-electron chi connectivity index (χ1n) is 11.4. The molecule has 7 nitrogen and oxygen atoms in total. The zero-order valence-electron chi connectivity index (χ0n) is 18.5. The van der Waals surface area contributed by atoms with Gasteiger partial charge in [-0.05, 0) is 24.0 Å². The van der Waals surface area contributed by atoms with E-state index in [2.05, 4.69) is 37.6 Å². The van der Waals surface area contributed by atoms with Crippen molar-refractivity contribution in [2.75, 3.05) is 18.4 Å². The van der Waals surface area contributed by atoms with Crippen molar-refractivity contribution in [2.24, 2.45) is 0 Å². The summed E-state index contributed by atoms with van der Waals surface area (Å²) >= 11 is 0. The molecule has 5 rings (SSSR count). The first-order chi connectivity index (χ1) is 16.3. The SMILES string of the molecule is O=C(Cc1ccccc1)Nc1ccnn1C1CCN(Cc2cn[nH]c2-c2ccccc2)CC1. The minimum absolute atomic E-state index is 0.0196. The van der Waals surface area contributed by atoms with E-state index in [0.29, 0.717) is 6.42 Å². The number of amides is 1. The second kappa shape index (κ2) is 9.83. The fourth-order valence-electron chi connectivity index (χ4n) is 4.52. The maximum atomic E-state index is 12.5. The van der Waals surface area contributed by atoms with Gasteiger partial charge in [0.2, 0.25) is 5.91 Å². The Bertz CT molecular complexity index is 1180. The molecular weight excluding hydrogens is 412 g/mol. The maximum Gasteiger partial charge on any atom is 0.229 e. The summed E-state index contributed by atoms with van der Waals surface area (Å²) in [5.74, 6) is 0.754. The molecule has 2 aromatic heterocycles. The molecule has 4 aromatic rings. The van der Waals surface area contributed by atoms with Crippen molar-refractivity contribution in [1.29, 1.82) is 0 Å². The lowest BCUT2D eigenvalue weighted by Gasteiger charge is -2.32. The molecular formula is C26H28N6O. The van der Waals surface area contributed by atoms with E-state index in [1.54, 1.807) is 6.20 Å². The van der Waals surface area contributed by atoms with Crippen molar-refractivity contribution < 1.29 is 4.79 Å². The molecule has 0 aliphatic carbocycles. The van der Waals surface area contributed by atoms with Crippen LogP contribution in [0.3, 0.4) is 0 Å². The van der Waals surface area contributed by atoms with Crippen molar-refractivity contribution in [3.05, 3.63) is 90.3 Å². The van der Waals surface area contributed by atoms with E-state index in [0.717, 1.165) is 55.1 Å². The van der Waals surface area contributed by atoms with Crippen LogP contribution < -0.4 is 5.32 Å². The summed E-state index contributed by atoms with van der Waals surface area (Å²) in [7, 11) is 0. The molecule has 1 aliphatic heterocycles. The molecule has 1 aliphatic rings. The van der Waals surface area contributed by atoms with E-state index < -0.39 is 0 Å². The Kier molecular flexibility index (Phi) is 6.30. The first kappa shape index (κ1) is 21.2. The molecule has 3 heterocycles. The van der Waals surface area contributed by atoms with Crippen LogP contribution in [0.4, 0.5) is 5.82 Å². The van der Waals surface area contributed by atoms with Gasteiger partial charge in [0.25, 0.3) is 0 Å². The number of H-pyrrole nitrogens is 1. The summed E-state index contributed by atoms with van der Waals surface area (Å²) in [6, 6.07) is 22.3. The molecule has 2 N–H and O–H groups in total. The number of aromatic amines is 1. The smallest absolute Gasteiger partial charge is 0.229 e. The number of nitrogens with zero attached hydrogens (tertiary/aromatic N) is 4. The van der Waals surface area contributed by atoms with Crippen LogP contribution in [0.2, 0.25) is 0 Å². The Morgan fingerprint density at radius 2 is 1.73 bits per heavy atom. The number of anilines is 1. The van der Waals surface area contributed by atoms with Gasteiger partial charge in [-0.3, -0.25) is 14.8 Å². The molecule has 2 aromatic carbocycles.